The molecule has 0 aliphatic carbocycles. The zero-order chi connectivity index (χ0) is 16.0. The van der Waals surface area contributed by atoms with E-state index in [9.17, 15) is 9.18 Å². The van der Waals surface area contributed by atoms with Crippen molar-refractivity contribution in [3.05, 3.63) is 34.1 Å². The summed E-state index contributed by atoms with van der Waals surface area (Å²) in [7, 11) is 0. The standard InChI is InChI=1S/C17H25BrFNO/c1-5-17(6-2,20(7-3)8-4)16(21)12-13-11-14(19)9-10-15(13)18/h9-11H,5-8,12H2,1-4H3. The van der Waals surface area contributed by atoms with Crippen molar-refractivity contribution in [1.29, 1.82) is 0 Å². The average Bonchev–Trinajstić information content (AvgIpc) is 2.48. The van der Waals surface area contributed by atoms with Gasteiger partial charge in [0.25, 0.3) is 0 Å². The second-order valence-corrected chi connectivity index (χ2v) is 6.10. The van der Waals surface area contributed by atoms with Gasteiger partial charge in [-0.15, -0.1) is 0 Å². The number of likely N-dealkylation sites (N-methyl/N-ethyl adjacent to an activating group) is 1. The normalized spacial score (nSPS) is 12.0. The summed E-state index contributed by atoms with van der Waals surface area (Å²) in [5.41, 5.74) is 0.272. The summed E-state index contributed by atoms with van der Waals surface area (Å²) < 4.78 is 14.2. The summed E-state index contributed by atoms with van der Waals surface area (Å²) in [6.07, 6.45) is 1.81. The van der Waals surface area contributed by atoms with Crippen molar-refractivity contribution in [3.8, 4) is 0 Å². The van der Waals surface area contributed by atoms with E-state index in [1.807, 2.05) is 0 Å². The predicted molar refractivity (Wildman–Crippen MR) is 89.0 cm³/mol. The van der Waals surface area contributed by atoms with Crippen LogP contribution in [0.1, 0.15) is 46.1 Å². The molecule has 0 saturated carbocycles. The van der Waals surface area contributed by atoms with Gasteiger partial charge in [0.05, 0.1) is 5.54 Å². The zero-order valence-electron chi connectivity index (χ0n) is 13.4. The third-order valence-electron chi connectivity index (χ3n) is 4.42. The lowest BCUT2D eigenvalue weighted by molar-refractivity contribution is -0.131. The summed E-state index contributed by atoms with van der Waals surface area (Å²) in [4.78, 5) is 15.2. The lowest BCUT2D eigenvalue weighted by Crippen LogP contribution is -2.54. The van der Waals surface area contributed by atoms with Crippen molar-refractivity contribution in [2.45, 2.75) is 52.5 Å². The molecule has 2 nitrogen and oxygen atoms in total. The Hall–Kier alpha value is -0.740. The van der Waals surface area contributed by atoms with Crippen LogP contribution in [0, 0.1) is 5.82 Å². The Morgan fingerprint density at radius 1 is 1.19 bits per heavy atom. The van der Waals surface area contributed by atoms with E-state index < -0.39 is 5.54 Å². The van der Waals surface area contributed by atoms with E-state index in [2.05, 4.69) is 48.5 Å². The van der Waals surface area contributed by atoms with Crippen LogP contribution in [0.3, 0.4) is 0 Å². The van der Waals surface area contributed by atoms with Crippen molar-refractivity contribution < 1.29 is 9.18 Å². The van der Waals surface area contributed by atoms with E-state index in [0.29, 0.717) is 0 Å². The molecule has 1 aromatic carbocycles. The van der Waals surface area contributed by atoms with E-state index >= 15 is 0 Å². The van der Waals surface area contributed by atoms with Gasteiger partial charge in [0.15, 0.2) is 5.78 Å². The Bertz CT molecular complexity index is 482. The first-order chi connectivity index (χ1) is 9.94. The molecule has 21 heavy (non-hydrogen) atoms. The molecule has 0 unspecified atom stereocenters. The second kappa shape index (κ2) is 8.04. The van der Waals surface area contributed by atoms with Gasteiger partial charge in [0.1, 0.15) is 5.82 Å². The summed E-state index contributed by atoms with van der Waals surface area (Å²) in [6.45, 7) is 9.95. The highest BCUT2D eigenvalue weighted by Crippen LogP contribution is 2.28. The monoisotopic (exact) mass is 357 g/mol. The number of carbonyl (C=O) groups is 1. The van der Waals surface area contributed by atoms with Gasteiger partial charge in [-0.2, -0.15) is 0 Å². The second-order valence-electron chi connectivity index (χ2n) is 5.25. The first-order valence-corrected chi connectivity index (χ1v) is 8.46. The Balaban J connectivity index is 3.09. The minimum Gasteiger partial charge on any atom is -0.297 e. The van der Waals surface area contributed by atoms with Crippen molar-refractivity contribution >= 4 is 21.7 Å². The Morgan fingerprint density at radius 3 is 2.24 bits per heavy atom. The van der Waals surface area contributed by atoms with Crippen LogP contribution in [0.15, 0.2) is 22.7 Å². The smallest absolute Gasteiger partial charge is 0.157 e. The van der Waals surface area contributed by atoms with E-state index in [-0.39, 0.29) is 18.0 Å². The van der Waals surface area contributed by atoms with Crippen molar-refractivity contribution in [3.63, 3.8) is 0 Å². The Morgan fingerprint density at radius 2 is 1.76 bits per heavy atom. The van der Waals surface area contributed by atoms with Gasteiger partial charge in [-0.1, -0.05) is 43.6 Å². The van der Waals surface area contributed by atoms with Crippen LogP contribution in [0.4, 0.5) is 4.39 Å². The van der Waals surface area contributed by atoms with Crippen LogP contribution in [-0.2, 0) is 11.2 Å². The fourth-order valence-electron chi connectivity index (χ4n) is 3.11. The molecule has 0 atom stereocenters. The summed E-state index contributed by atoms with van der Waals surface area (Å²) in [5, 5.41) is 0. The number of hydrogen-bond acceptors (Lipinski definition) is 2. The predicted octanol–water partition coefficient (Wildman–Crippen LogP) is 4.60. The number of hydrogen-bond donors (Lipinski definition) is 0. The van der Waals surface area contributed by atoms with Crippen LogP contribution in [0.25, 0.3) is 0 Å². The largest absolute Gasteiger partial charge is 0.297 e. The summed E-state index contributed by atoms with van der Waals surface area (Å²) in [6, 6.07) is 4.50. The molecular weight excluding hydrogens is 333 g/mol. The van der Waals surface area contributed by atoms with Crippen LogP contribution in [0.2, 0.25) is 0 Å². The lowest BCUT2D eigenvalue weighted by Gasteiger charge is -2.41. The highest BCUT2D eigenvalue weighted by molar-refractivity contribution is 9.10. The number of ketones is 1. The minimum atomic E-state index is -0.449. The highest BCUT2D eigenvalue weighted by atomic mass is 79.9. The summed E-state index contributed by atoms with van der Waals surface area (Å²) in [5.74, 6) is -0.134. The number of halogens is 2. The molecule has 0 aromatic heterocycles. The van der Waals surface area contributed by atoms with E-state index in [0.717, 1.165) is 36.0 Å². The third-order valence-corrected chi connectivity index (χ3v) is 5.19. The maximum Gasteiger partial charge on any atom is 0.157 e. The molecule has 0 amide bonds. The first-order valence-electron chi connectivity index (χ1n) is 7.67. The average molecular weight is 358 g/mol. The molecule has 0 heterocycles. The number of rotatable bonds is 8. The van der Waals surface area contributed by atoms with Crippen LogP contribution >= 0.6 is 15.9 Å². The SMILES string of the molecule is CCN(CC)C(CC)(CC)C(=O)Cc1cc(F)ccc1Br. The molecule has 0 spiro atoms. The topological polar surface area (TPSA) is 20.3 Å². The molecule has 1 aromatic rings. The third kappa shape index (κ3) is 3.92. The van der Waals surface area contributed by atoms with Crippen LogP contribution in [0.5, 0.6) is 0 Å². The minimum absolute atomic E-state index is 0.169. The van der Waals surface area contributed by atoms with Crippen LogP contribution < -0.4 is 0 Å². The highest BCUT2D eigenvalue weighted by Gasteiger charge is 2.38. The van der Waals surface area contributed by atoms with Gasteiger partial charge in [-0.3, -0.25) is 9.69 Å². The van der Waals surface area contributed by atoms with E-state index in [1.165, 1.54) is 12.1 Å². The van der Waals surface area contributed by atoms with Gasteiger partial charge in [0.2, 0.25) is 0 Å². The quantitative estimate of drug-likeness (QED) is 0.677. The van der Waals surface area contributed by atoms with Gasteiger partial charge >= 0.3 is 0 Å². The summed E-state index contributed by atoms with van der Waals surface area (Å²) >= 11 is 3.41. The zero-order valence-corrected chi connectivity index (χ0v) is 15.0. The molecular formula is C17H25BrFNO. The van der Waals surface area contributed by atoms with Gasteiger partial charge in [0, 0.05) is 10.9 Å². The number of benzene rings is 1. The molecule has 0 aliphatic heterocycles. The Kier molecular flexibility index (Phi) is 7.01. The van der Waals surface area contributed by atoms with Gasteiger partial charge < -0.3 is 0 Å². The molecule has 0 radical (unpaired) electrons. The number of nitrogens with zero attached hydrogens (tertiary/aromatic N) is 1. The maximum atomic E-state index is 13.4. The number of carbonyl (C=O) groups excluding carboxylic acids is 1. The van der Waals surface area contributed by atoms with Crippen molar-refractivity contribution in [1.82, 2.24) is 4.90 Å². The lowest BCUT2D eigenvalue weighted by atomic mass is 9.83. The van der Waals surface area contributed by atoms with E-state index in [4.69, 9.17) is 0 Å². The van der Waals surface area contributed by atoms with E-state index in [1.54, 1.807) is 6.07 Å². The Labute approximate surface area is 135 Å². The molecule has 0 N–H and O–H groups in total. The van der Waals surface area contributed by atoms with Gasteiger partial charge in [-0.25, -0.2) is 4.39 Å². The first kappa shape index (κ1) is 18.3. The van der Waals surface area contributed by atoms with Crippen molar-refractivity contribution in [2.75, 3.05) is 13.1 Å². The molecule has 0 aliphatic rings. The number of Topliss-reactive ketones (excluding diaryl/α,β-unsaturated/α-hetero) is 1. The van der Waals surface area contributed by atoms with Crippen LogP contribution in [-0.4, -0.2) is 29.3 Å². The molecule has 0 fully saturated rings. The molecule has 118 valence electrons. The molecule has 4 heteroatoms. The maximum absolute atomic E-state index is 13.4. The molecule has 0 saturated heterocycles. The molecule has 1 rings (SSSR count). The molecule has 0 bridgehead atoms. The fourth-order valence-corrected chi connectivity index (χ4v) is 3.50. The van der Waals surface area contributed by atoms with Crippen molar-refractivity contribution in [2.24, 2.45) is 0 Å². The van der Waals surface area contributed by atoms with Gasteiger partial charge in [-0.05, 0) is 49.7 Å². The fraction of sp³-hybridized carbons (Fsp3) is 0.588.